The minimum atomic E-state index is -3.67. The normalized spacial score (nSPS) is 13.0. The van der Waals surface area contributed by atoms with Crippen LogP contribution in [0, 0.1) is 0 Å². The second-order valence-electron chi connectivity index (χ2n) is 4.80. The fourth-order valence-corrected chi connectivity index (χ4v) is 2.95. The maximum atomic E-state index is 12.1. The molecule has 1 atom stereocenters. The zero-order valence-electron chi connectivity index (χ0n) is 12.0. The van der Waals surface area contributed by atoms with Crippen LogP contribution in [-0.2, 0) is 10.0 Å². The number of Topliss-reactive ketones (excluding diaryl/α,β-unsaturated/α-hetero) is 1. The van der Waals surface area contributed by atoms with Gasteiger partial charge in [0, 0.05) is 12.1 Å². The fourth-order valence-electron chi connectivity index (χ4n) is 1.91. The molecule has 0 aliphatic carbocycles. The smallest absolute Gasteiger partial charge is 0.240 e. The molecule has 0 saturated carbocycles. The number of furan rings is 1. The monoisotopic (exact) mass is 323 g/mol. The number of hydrogen-bond acceptors (Lipinski definition) is 5. The molecule has 6 nitrogen and oxygen atoms in total. The third-order valence-corrected chi connectivity index (χ3v) is 4.63. The van der Waals surface area contributed by atoms with E-state index in [1.807, 2.05) is 0 Å². The van der Waals surface area contributed by atoms with Crippen LogP contribution in [0.3, 0.4) is 0 Å². The van der Waals surface area contributed by atoms with Crippen molar-refractivity contribution in [2.75, 3.05) is 6.54 Å². The molecule has 1 aromatic carbocycles. The number of sulfonamides is 1. The molecular weight excluding hydrogens is 306 g/mol. The minimum absolute atomic E-state index is 0.0681. The molecule has 2 aromatic rings. The first-order chi connectivity index (χ1) is 10.4. The lowest BCUT2D eigenvalue weighted by Crippen LogP contribution is -2.26. The minimum Gasteiger partial charge on any atom is -0.467 e. The number of ketones is 1. The molecule has 0 radical (unpaired) electrons. The number of aliphatic hydroxyl groups is 1. The maximum Gasteiger partial charge on any atom is 0.240 e. The zero-order valence-corrected chi connectivity index (χ0v) is 12.8. The lowest BCUT2D eigenvalue weighted by molar-refractivity contribution is 0.101. The van der Waals surface area contributed by atoms with Crippen molar-refractivity contribution >= 4 is 15.8 Å². The first kappa shape index (κ1) is 16.4. The number of rotatable bonds is 7. The molecule has 0 saturated heterocycles. The van der Waals surface area contributed by atoms with Gasteiger partial charge in [-0.15, -0.1) is 0 Å². The van der Waals surface area contributed by atoms with Crippen LogP contribution >= 0.6 is 0 Å². The summed E-state index contributed by atoms with van der Waals surface area (Å²) in [6, 6.07) is 8.96. The van der Waals surface area contributed by atoms with Crippen LogP contribution in [-0.4, -0.2) is 25.9 Å². The average molecular weight is 323 g/mol. The van der Waals surface area contributed by atoms with Gasteiger partial charge in [-0.2, -0.15) is 0 Å². The van der Waals surface area contributed by atoms with E-state index in [-0.39, 0.29) is 23.6 Å². The number of hydrogen-bond donors (Lipinski definition) is 2. The highest BCUT2D eigenvalue weighted by Crippen LogP contribution is 2.17. The predicted molar refractivity (Wildman–Crippen MR) is 79.9 cm³/mol. The summed E-state index contributed by atoms with van der Waals surface area (Å²) in [5.41, 5.74) is 0.451. The second kappa shape index (κ2) is 6.87. The molecule has 0 aliphatic heterocycles. The number of nitrogens with one attached hydrogen (secondary N) is 1. The standard InChI is InChI=1S/C15H17NO5S/c1-11(17)12-4-6-13(7-5-12)22(19,20)16-9-8-14(18)15-3-2-10-21-15/h2-7,10,14,16,18H,8-9H2,1H3. The number of carbonyl (C=O) groups is 1. The zero-order chi connectivity index (χ0) is 16.2. The van der Waals surface area contributed by atoms with E-state index in [0.29, 0.717) is 11.3 Å². The van der Waals surface area contributed by atoms with Gasteiger partial charge < -0.3 is 9.52 Å². The Bertz CT molecular complexity index is 720. The van der Waals surface area contributed by atoms with E-state index in [4.69, 9.17) is 4.42 Å². The van der Waals surface area contributed by atoms with Crippen molar-refractivity contribution in [3.8, 4) is 0 Å². The first-order valence-corrected chi connectivity index (χ1v) is 8.20. The van der Waals surface area contributed by atoms with E-state index >= 15 is 0 Å². The first-order valence-electron chi connectivity index (χ1n) is 6.72. The highest BCUT2D eigenvalue weighted by atomic mass is 32.2. The van der Waals surface area contributed by atoms with Gasteiger partial charge in [0.25, 0.3) is 0 Å². The van der Waals surface area contributed by atoms with Gasteiger partial charge in [-0.3, -0.25) is 4.79 Å². The summed E-state index contributed by atoms with van der Waals surface area (Å²) >= 11 is 0. The summed E-state index contributed by atoms with van der Waals surface area (Å²) in [5.74, 6) is 0.267. The Morgan fingerprint density at radius 1 is 1.27 bits per heavy atom. The molecule has 0 spiro atoms. The van der Waals surface area contributed by atoms with E-state index in [1.54, 1.807) is 12.1 Å². The van der Waals surface area contributed by atoms with Gasteiger partial charge in [0.1, 0.15) is 11.9 Å². The molecule has 1 heterocycles. The topological polar surface area (TPSA) is 96.6 Å². The Hall–Kier alpha value is -1.96. The van der Waals surface area contributed by atoms with Gasteiger partial charge >= 0.3 is 0 Å². The number of carbonyl (C=O) groups excluding carboxylic acids is 1. The Labute approximate surface area is 128 Å². The highest BCUT2D eigenvalue weighted by Gasteiger charge is 2.16. The van der Waals surface area contributed by atoms with E-state index in [2.05, 4.69) is 4.72 Å². The molecule has 7 heteroatoms. The summed E-state index contributed by atoms with van der Waals surface area (Å²) in [6.07, 6.45) is 0.773. The number of aliphatic hydroxyl groups excluding tert-OH is 1. The molecule has 118 valence electrons. The largest absolute Gasteiger partial charge is 0.467 e. The van der Waals surface area contributed by atoms with Crippen molar-refractivity contribution in [1.29, 1.82) is 0 Å². The lowest BCUT2D eigenvalue weighted by atomic mass is 10.2. The molecule has 0 amide bonds. The quantitative estimate of drug-likeness (QED) is 0.758. The van der Waals surface area contributed by atoms with Crippen molar-refractivity contribution in [3.63, 3.8) is 0 Å². The van der Waals surface area contributed by atoms with Gasteiger partial charge in [0.05, 0.1) is 11.2 Å². The van der Waals surface area contributed by atoms with Crippen LogP contribution in [0.15, 0.2) is 52.0 Å². The number of benzene rings is 1. The van der Waals surface area contributed by atoms with Crippen molar-refractivity contribution < 1.29 is 22.7 Å². The fraction of sp³-hybridized carbons (Fsp3) is 0.267. The Balaban J connectivity index is 1.95. The van der Waals surface area contributed by atoms with Gasteiger partial charge in [-0.05, 0) is 37.6 Å². The van der Waals surface area contributed by atoms with Gasteiger partial charge in [0.15, 0.2) is 5.78 Å². The second-order valence-corrected chi connectivity index (χ2v) is 6.57. The molecular formula is C15H17NO5S. The van der Waals surface area contributed by atoms with E-state index in [0.717, 1.165) is 0 Å². The molecule has 0 bridgehead atoms. The molecule has 1 aromatic heterocycles. The van der Waals surface area contributed by atoms with E-state index in [9.17, 15) is 18.3 Å². The summed E-state index contributed by atoms with van der Waals surface area (Å²) < 4.78 is 31.6. The van der Waals surface area contributed by atoms with Gasteiger partial charge in [-0.25, -0.2) is 13.1 Å². The van der Waals surface area contributed by atoms with Crippen LogP contribution in [0.25, 0.3) is 0 Å². The molecule has 0 aliphatic rings. The summed E-state index contributed by atoms with van der Waals surface area (Å²) in [4.78, 5) is 11.2. The predicted octanol–water partition coefficient (Wildman–Crippen LogP) is 1.88. The summed E-state index contributed by atoms with van der Waals surface area (Å²) in [7, 11) is -3.67. The summed E-state index contributed by atoms with van der Waals surface area (Å²) in [6.45, 7) is 1.48. The van der Waals surface area contributed by atoms with Crippen LogP contribution in [0.4, 0.5) is 0 Å². The lowest BCUT2D eigenvalue weighted by Gasteiger charge is -2.10. The Kier molecular flexibility index (Phi) is 5.12. The van der Waals surface area contributed by atoms with Gasteiger partial charge in [0.2, 0.25) is 10.0 Å². The van der Waals surface area contributed by atoms with Crippen molar-refractivity contribution in [1.82, 2.24) is 4.72 Å². The van der Waals surface area contributed by atoms with E-state index < -0.39 is 16.1 Å². The SMILES string of the molecule is CC(=O)c1ccc(S(=O)(=O)NCCC(O)c2ccco2)cc1. The van der Waals surface area contributed by atoms with E-state index in [1.165, 1.54) is 37.5 Å². The van der Waals surface area contributed by atoms with Crippen molar-refractivity contribution in [2.45, 2.75) is 24.3 Å². The Morgan fingerprint density at radius 2 is 1.95 bits per heavy atom. The van der Waals surface area contributed by atoms with Crippen molar-refractivity contribution in [2.24, 2.45) is 0 Å². The molecule has 2 rings (SSSR count). The van der Waals surface area contributed by atoms with Crippen LogP contribution in [0.2, 0.25) is 0 Å². The highest BCUT2D eigenvalue weighted by molar-refractivity contribution is 7.89. The molecule has 1 unspecified atom stereocenters. The third-order valence-electron chi connectivity index (χ3n) is 3.15. The molecule has 22 heavy (non-hydrogen) atoms. The average Bonchev–Trinajstić information content (AvgIpc) is 3.01. The third kappa shape index (κ3) is 4.03. The van der Waals surface area contributed by atoms with Crippen LogP contribution in [0.5, 0.6) is 0 Å². The molecule has 2 N–H and O–H groups in total. The van der Waals surface area contributed by atoms with Crippen molar-refractivity contribution in [3.05, 3.63) is 54.0 Å². The van der Waals surface area contributed by atoms with Gasteiger partial charge in [-0.1, -0.05) is 12.1 Å². The summed E-state index contributed by atoms with van der Waals surface area (Å²) in [5, 5.41) is 9.81. The van der Waals surface area contributed by atoms with Crippen LogP contribution in [0.1, 0.15) is 35.6 Å². The maximum absolute atomic E-state index is 12.1. The Morgan fingerprint density at radius 3 is 2.50 bits per heavy atom. The van der Waals surface area contributed by atoms with Crippen LogP contribution < -0.4 is 4.72 Å². The molecule has 0 fully saturated rings.